The van der Waals surface area contributed by atoms with Gasteiger partial charge in [0, 0.05) is 0 Å². The molecule has 0 spiro atoms. The van der Waals surface area contributed by atoms with E-state index in [9.17, 15) is 0 Å². The third-order valence-corrected chi connectivity index (χ3v) is 13.0. The van der Waals surface area contributed by atoms with E-state index in [1.807, 2.05) is 0 Å². The molecule has 0 radical (unpaired) electrons. The van der Waals surface area contributed by atoms with Crippen LogP contribution in [0.2, 0.25) is 24.2 Å². The van der Waals surface area contributed by atoms with Gasteiger partial charge in [0.05, 0.1) is 8.07 Å². The molecule has 4 aliphatic carbocycles. The minimum atomic E-state index is -1.35. The van der Waals surface area contributed by atoms with Crippen LogP contribution in [0.3, 0.4) is 0 Å². The average Bonchev–Trinajstić information content (AvgIpc) is 3.02. The molecule has 0 bridgehead atoms. The lowest BCUT2D eigenvalue weighted by Crippen LogP contribution is -2.45. The van der Waals surface area contributed by atoms with Gasteiger partial charge in [-0.05, 0) is 59.4 Å². The minimum absolute atomic E-state index is 0.820. The van der Waals surface area contributed by atoms with Crippen molar-refractivity contribution in [3.63, 3.8) is 0 Å². The van der Waals surface area contributed by atoms with E-state index in [0.29, 0.717) is 0 Å². The van der Waals surface area contributed by atoms with Crippen LogP contribution >= 0.6 is 0 Å². The maximum absolute atomic E-state index is 2.73. The van der Waals surface area contributed by atoms with Crippen molar-refractivity contribution in [2.45, 2.75) is 50.9 Å². The van der Waals surface area contributed by atoms with Crippen molar-refractivity contribution in [2.24, 2.45) is 35.5 Å². The Morgan fingerprint density at radius 1 is 0.652 bits per heavy atom. The third kappa shape index (κ3) is 2.38. The average molecular weight is 325 g/mol. The first-order chi connectivity index (χ1) is 11.0. The van der Waals surface area contributed by atoms with Crippen LogP contribution in [0.4, 0.5) is 0 Å². The molecule has 0 N–H and O–H groups in total. The van der Waals surface area contributed by atoms with Gasteiger partial charge in [-0.3, -0.25) is 0 Å². The zero-order chi connectivity index (χ0) is 16.2. The minimum Gasteiger partial charge on any atom is -0.0808 e. The Kier molecular flexibility index (Phi) is 3.83. The highest BCUT2D eigenvalue weighted by Crippen LogP contribution is 2.62. The molecule has 0 nitrogen and oxygen atoms in total. The Morgan fingerprint density at radius 2 is 1.04 bits per heavy atom. The fourth-order valence-electron chi connectivity index (χ4n) is 7.18. The summed E-state index contributed by atoms with van der Waals surface area (Å²) in [5, 5.41) is 0. The molecule has 0 aliphatic heterocycles. The molecule has 0 aromatic carbocycles. The maximum Gasteiger partial charge on any atom is 0.0553 e. The monoisotopic (exact) mass is 324 g/mol. The first kappa shape index (κ1) is 15.7. The summed E-state index contributed by atoms with van der Waals surface area (Å²) in [5.41, 5.74) is 1.92. The molecule has 0 aromatic rings. The molecular weight excluding hydrogens is 292 g/mol. The van der Waals surface area contributed by atoms with E-state index in [-0.39, 0.29) is 0 Å². The number of fused-ring (bicyclic) bond motifs is 2. The van der Waals surface area contributed by atoms with Crippen LogP contribution in [0, 0.1) is 35.5 Å². The molecule has 0 saturated heterocycles. The largest absolute Gasteiger partial charge is 0.0808 e. The van der Waals surface area contributed by atoms with Gasteiger partial charge in [0.25, 0.3) is 0 Å². The summed E-state index contributed by atoms with van der Waals surface area (Å²) in [4.78, 5) is 0. The van der Waals surface area contributed by atoms with Gasteiger partial charge in [-0.25, -0.2) is 0 Å². The van der Waals surface area contributed by atoms with Crippen LogP contribution < -0.4 is 0 Å². The molecule has 2 fully saturated rings. The Labute approximate surface area is 143 Å². The normalized spacial score (nSPS) is 47.8. The van der Waals surface area contributed by atoms with Gasteiger partial charge in [0.2, 0.25) is 0 Å². The lowest BCUT2D eigenvalue weighted by atomic mass is 9.91. The lowest BCUT2D eigenvalue weighted by molar-refractivity contribution is 0.491. The summed E-state index contributed by atoms with van der Waals surface area (Å²) < 4.78 is 0. The molecule has 4 aliphatic rings. The SMILES string of the molecule is CC1CC2C=CC=CC2C1[Si](C)(C)C1C(C)CC2C=CC=CC21. The zero-order valence-corrected chi connectivity index (χ0v) is 16.2. The zero-order valence-electron chi connectivity index (χ0n) is 15.2. The fourth-order valence-corrected chi connectivity index (χ4v) is 13.5. The second kappa shape index (κ2) is 5.62. The smallest absolute Gasteiger partial charge is 0.0553 e. The van der Waals surface area contributed by atoms with Crippen LogP contribution in [-0.2, 0) is 0 Å². The highest BCUT2D eigenvalue weighted by Gasteiger charge is 2.56. The van der Waals surface area contributed by atoms with Gasteiger partial charge in [-0.15, -0.1) is 0 Å². The number of allylic oxidation sites excluding steroid dienone is 8. The van der Waals surface area contributed by atoms with Gasteiger partial charge in [-0.2, -0.15) is 0 Å². The van der Waals surface area contributed by atoms with Gasteiger partial charge in [-0.1, -0.05) is 75.5 Å². The molecule has 0 amide bonds. The van der Waals surface area contributed by atoms with Crippen LogP contribution in [-0.4, -0.2) is 8.07 Å². The topological polar surface area (TPSA) is 0 Å². The first-order valence-corrected chi connectivity index (χ1v) is 12.9. The van der Waals surface area contributed by atoms with Crippen molar-refractivity contribution < 1.29 is 0 Å². The second-order valence-corrected chi connectivity index (χ2v) is 14.3. The van der Waals surface area contributed by atoms with Crippen molar-refractivity contribution >= 4 is 8.07 Å². The molecule has 1 heteroatoms. The first-order valence-electron chi connectivity index (χ1n) is 9.70. The molecule has 124 valence electrons. The Morgan fingerprint density at radius 3 is 1.48 bits per heavy atom. The molecule has 4 rings (SSSR count). The van der Waals surface area contributed by atoms with Gasteiger partial charge in [0.1, 0.15) is 0 Å². The molecular formula is C22H32Si. The molecule has 0 aromatic heterocycles. The highest BCUT2D eigenvalue weighted by atomic mass is 28.3. The van der Waals surface area contributed by atoms with Crippen molar-refractivity contribution in [1.29, 1.82) is 0 Å². The van der Waals surface area contributed by atoms with E-state index in [4.69, 9.17) is 0 Å². The Hall–Kier alpha value is -0.823. The van der Waals surface area contributed by atoms with E-state index >= 15 is 0 Å². The van der Waals surface area contributed by atoms with Crippen LogP contribution in [0.15, 0.2) is 48.6 Å². The van der Waals surface area contributed by atoms with Crippen molar-refractivity contribution in [3.05, 3.63) is 48.6 Å². The summed E-state index contributed by atoms with van der Waals surface area (Å²) in [7, 11) is -1.35. The van der Waals surface area contributed by atoms with Crippen molar-refractivity contribution in [2.75, 3.05) is 0 Å². The molecule has 23 heavy (non-hydrogen) atoms. The van der Waals surface area contributed by atoms with Gasteiger partial charge >= 0.3 is 0 Å². The fraction of sp³-hybridized carbons (Fsp3) is 0.636. The van der Waals surface area contributed by atoms with Crippen LogP contribution in [0.25, 0.3) is 0 Å². The maximum atomic E-state index is 2.73. The standard InChI is InChI=1S/C22H32Si/c1-15-13-17-9-5-7-11-19(17)21(15)23(3,4)22-16(2)14-18-10-6-8-12-20(18)22/h5-12,15-22H,13-14H2,1-4H3. The predicted octanol–water partition coefficient (Wildman–Crippen LogP) is 6.23. The molecule has 2 saturated carbocycles. The number of hydrogen-bond donors (Lipinski definition) is 0. The predicted molar refractivity (Wildman–Crippen MR) is 103 cm³/mol. The molecule has 8 atom stereocenters. The lowest BCUT2D eigenvalue weighted by Gasteiger charge is -2.45. The Balaban J connectivity index is 1.67. The number of rotatable bonds is 2. The third-order valence-electron chi connectivity index (χ3n) is 7.66. The summed E-state index contributed by atoms with van der Waals surface area (Å²) in [6.45, 7) is 10.6. The summed E-state index contributed by atoms with van der Waals surface area (Å²) in [6, 6.07) is 0. The Bertz CT molecular complexity index is 529. The van der Waals surface area contributed by atoms with E-state index < -0.39 is 8.07 Å². The summed E-state index contributed by atoms with van der Waals surface area (Å²) >= 11 is 0. The van der Waals surface area contributed by atoms with Crippen LogP contribution in [0.5, 0.6) is 0 Å². The van der Waals surface area contributed by atoms with Crippen molar-refractivity contribution in [3.8, 4) is 0 Å². The summed E-state index contributed by atoms with van der Waals surface area (Å²) in [6.07, 6.45) is 22.1. The van der Waals surface area contributed by atoms with E-state index in [1.165, 1.54) is 12.8 Å². The van der Waals surface area contributed by atoms with E-state index in [2.05, 4.69) is 75.5 Å². The molecule has 0 heterocycles. The van der Waals surface area contributed by atoms with Gasteiger partial charge in [0.15, 0.2) is 0 Å². The van der Waals surface area contributed by atoms with E-state index in [1.54, 1.807) is 0 Å². The highest BCUT2D eigenvalue weighted by molar-refractivity contribution is 6.80. The van der Waals surface area contributed by atoms with Gasteiger partial charge < -0.3 is 0 Å². The summed E-state index contributed by atoms with van der Waals surface area (Å²) in [5.74, 6) is 5.08. The second-order valence-electron chi connectivity index (χ2n) is 9.32. The quantitative estimate of drug-likeness (QED) is 0.528. The molecule has 8 unspecified atom stereocenters. The van der Waals surface area contributed by atoms with E-state index in [0.717, 1.165) is 46.6 Å². The van der Waals surface area contributed by atoms with Crippen LogP contribution in [0.1, 0.15) is 26.7 Å². The van der Waals surface area contributed by atoms with Crippen molar-refractivity contribution in [1.82, 2.24) is 0 Å². The number of hydrogen-bond acceptors (Lipinski definition) is 0.